The summed E-state index contributed by atoms with van der Waals surface area (Å²) in [5.74, 6) is 0.413. The van der Waals surface area contributed by atoms with Crippen molar-refractivity contribution in [3.8, 4) is 0 Å². The number of benzene rings is 1. The number of ether oxygens (including phenoxy) is 1. The lowest BCUT2D eigenvalue weighted by molar-refractivity contribution is 0.0226. The Kier molecular flexibility index (Phi) is 5.18. The van der Waals surface area contributed by atoms with E-state index in [1.165, 1.54) is 5.56 Å². The van der Waals surface area contributed by atoms with Crippen molar-refractivity contribution in [2.24, 2.45) is 5.73 Å². The fraction of sp³-hybridized carbons (Fsp3) is 0.600. The molecule has 2 unspecified atom stereocenters. The van der Waals surface area contributed by atoms with Crippen molar-refractivity contribution in [1.82, 2.24) is 0 Å². The highest BCUT2D eigenvalue weighted by Gasteiger charge is 2.26. The molecular formula is C15H23NO3S. The lowest BCUT2D eigenvalue weighted by Gasteiger charge is -2.30. The molecule has 1 heterocycles. The van der Waals surface area contributed by atoms with Gasteiger partial charge in [0.25, 0.3) is 0 Å². The van der Waals surface area contributed by atoms with Gasteiger partial charge in [0.05, 0.1) is 18.5 Å². The summed E-state index contributed by atoms with van der Waals surface area (Å²) >= 11 is 0. The van der Waals surface area contributed by atoms with Crippen molar-refractivity contribution in [3.05, 3.63) is 35.4 Å². The summed E-state index contributed by atoms with van der Waals surface area (Å²) in [4.78, 5) is 0. The van der Waals surface area contributed by atoms with Gasteiger partial charge in [-0.25, -0.2) is 8.42 Å². The second-order valence-corrected chi connectivity index (χ2v) is 7.76. The molecule has 0 bridgehead atoms. The summed E-state index contributed by atoms with van der Waals surface area (Å²) in [6, 6.07) is 8.04. The molecule has 20 heavy (non-hydrogen) atoms. The Hall–Kier alpha value is -0.910. The monoisotopic (exact) mass is 297 g/mol. The minimum Gasteiger partial charge on any atom is -0.372 e. The quantitative estimate of drug-likeness (QED) is 0.870. The third-order valence-corrected chi connectivity index (χ3v) is 5.64. The van der Waals surface area contributed by atoms with Gasteiger partial charge in [-0.1, -0.05) is 31.2 Å². The molecule has 5 heteroatoms. The Bertz CT molecular complexity index is 542. The van der Waals surface area contributed by atoms with Gasteiger partial charge in [0.1, 0.15) is 9.84 Å². The fourth-order valence-electron chi connectivity index (χ4n) is 2.61. The molecule has 112 valence electrons. The predicted molar refractivity (Wildman–Crippen MR) is 80.4 cm³/mol. The fourth-order valence-corrected chi connectivity index (χ4v) is 3.51. The van der Waals surface area contributed by atoms with Gasteiger partial charge in [0, 0.05) is 11.8 Å². The van der Waals surface area contributed by atoms with E-state index < -0.39 is 9.84 Å². The van der Waals surface area contributed by atoms with E-state index in [0.29, 0.717) is 19.4 Å². The van der Waals surface area contributed by atoms with Crippen molar-refractivity contribution in [1.29, 1.82) is 0 Å². The van der Waals surface area contributed by atoms with E-state index in [0.717, 1.165) is 12.0 Å². The molecule has 2 N–H and O–H groups in total. The molecule has 4 nitrogen and oxygen atoms in total. The summed E-state index contributed by atoms with van der Waals surface area (Å²) in [5.41, 5.74) is 8.66. The van der Waals surface area contributed by atoms with Crippen LogP contribution in [0.2, 0.25) is 0 Å². The SMILES string of the molecule is CCS(=O)(=O)CCCC(N)C1OCCc2ccccc21. The Morgan fingerprint density at radius 1 is 1.40 bits per heavy atom. The van der Waals surface area contributed by atoms with E-state index in [1.807, 2.05) is 12.1 Å². The topological polar surface area (TPSA) is 69.4 Å². The average molecular weight is 297 g/mol. The van der Waals surface area contributed by atoms with Gasteiger partial charge in [0.15, 0.2) is 0 Å². The van der Waals surface area contributed by atoms with E-state index in [4.69, 9.17) is 10.5 Å². The van der Waals surface area contributed by atoms with Crippen LogP contribution in [0.4, 0.5) is 0 Å². The highest BCUT2D eigenvalue weighted by atomic mass is 32.2. The Morgan fingerprint density at radius 3 is 2.90 bits per heavy atom. The highest BCUT2D eigenvalue weighted by molar-refractivity contribution is 7.91. The van der Waals surface area contributed by atoms with Gasteiger partial charge in [-0.05, 0) is 30.4 Å². The first-order chi connectivity index (χ1) is 9.53. The van der Waals surface area contributed by atoms with Crippen molar-refractivity contribution in [2.75, 3.05) is 18.1 Å². The number of fused-ring (bicyclic) bond motifs is 1. The molecule has 1 aliphatic heterocycles. The van der Waals surface area contributed by atoms with Crippen molar-refractivity contribution in [3.63, 3.8) is 0 Å². The predicted octanol–water partition coefficient (Wildman–Crippen LogP) is 1.84. The van der Waals surface area contributed by atoms with E-state index in [2.05, 4.69) is 12.1 Å². The maximum Gasteiger partial charge on any atom is 0.150 e. The zero-order valence-corrected chi connectivity index (χ0v) is 12.7. The van der Waals surface area contributed by atoms with E-state index in [9.17, 15) is 8.42 Å². The first-order valence-electron chi connectivity index (χ1n) is 7.19. The number of nitrogens with two attached hydrogens (primary N) is 1. The molecule has 0 aromatic heterocycles. The summed E-state index contributed by atoms with van der Waals surface area (Å²) in [7, 11) is -2.90. The van der Waals surface area contributed by atoms with E-state index >= 15 is 0 Å². The van der Waals surface area contributed by atoms with Crippen LogP contribution >= 0.6 is 0 Å². The second kappa shape index (κ2) is 6.70. The van der Waals surface area contributed by atoms with Crippen LogP contribution in [0.1, 0.15) is 37.0 Å². The molecule has 0 fully saturated rings. The van der Waals surface area contributed by atoms with Crippen LogP contribution < -0.4 is 5.73 Å². The zero-order chi connectivity index (χ0) is 14.6. The molecule has 1 aromatic rings. The molecule has 2 atom stereocenters. The largest absolute Gasteiger partial charge is 0.372 e. The van der Waals surface area contributed by atoms with Crippen molar-refractivity contribution >= 4 is 9.84 Å². The third kappa shape index (κ3) is 3.81. The number of rotatable bonds is 6. The van der Waals surface area contributed by atoms with Gasteiger partial charge in [0.2, 0.25) is 0 Å². The maximum absolute atomic E-state index is 11.5. The van der Waals surface area contributed by atoms with E-state index in [1.54, 1.807) is 6.92 Å². The van der Waals surface area contributed by atoms with Gasteiger partial charge >= 0.3 is 0 Å². The summed E-state index contributed by atoms with van der Waals surface area (Å²) < 4.78 is 28.8. The normalized spacial score (nSPS) is 20.4. The third-order valence-electron chi connectivity index (χ3n) is 3.85. The molecular weight excluding hydrogens is 274 g/mol. The molecule has 0 spiro atoms. The van der Waals surface area contributed by atoms with Crippen LogP contribution in [-0.2, 0) is 21.0 Å². The Balaban J connectivity index is 1.95. The van der Waals surface area contributed by atoms with Crippen LogP contribution in [0.15, 0.2) is 24.3 Å². The van der Waals surface area contributed by atoms with Crippen LogP contribution in [0.5, 0.6) is 0 Å². The molecule has 0 saturated carbocycles. The lowest BCUT2D eigenvalue weighted by Crippen LogP contribution is -2.34. The molecule has 0 aliphatic carbocycles. The second-order valence-electron chi connectivity index (χ2n) is 5.28. The van der Waals surface area contributed by atoms with Crippen LogP contribution in [0, 0.1) is 0 Å². The molecule has 0 saturated heterocycles. The smallest absolute Gasteiger partial charge is 0.150 e. The molecule has 0 radical (unpaired) electrons. The number of hydrogen-bond acceptors (Lipinski definition) is 4. The highest BCUT2D eigenvalue weighted by Crippen LogP contribution is 2.30. The first kappa shape index (κ1) is 15.5. The van der Waals surface area contributed by atoms with Crippen molar-refractivity contribution < 1.29 is 13.2 Å². The maximum atomic E-state index is 11.5. The summed E-state index contributed by atoms with van der Waals surface area (Å²) in [6.07, 6.45) is 2.07. The van der Waals surface area contributed by atoms with Gasteiger partial charge in [-0.2, -0.15) is 0 Å². The Morgan fingerprint density at radius 2 is 2.15 bits per heavy atom. The lowest BCUT2D eigenvalue weighted by atomic mass is 9.92. The van der Waals surface area contributed by atoms with Gasteiger partial charge in [-0.15, -0.1) is 0 Å². The van der Waals surface area contributed by atoms with Crippen LogP contribution in [0.3, 0.4) is 0 Å². The number of sulfone groups is 1. The van der Waals surface area contributed by atoms with Gasteiger partial charge in [-0.3, -0.25) is 0 Å². The molecule has 1 aromatic carbocycles. The van der Waals surface area contributed by atoms with Crippen LogP contribution in [-0.4, -0.2) is 32.6 Å². The first-order valence-corrected chi connectivity index (χ1v) is 9.01. The standard InChI is InChI=1S/C15H23NO3S/c1-2-20(17,18)11-5-8-14(16)15-13-7-4-3-6-12(13)9-10-19-15/h3-4,6-7,14-15H,2,5,8-11,16H2,1H3. The minimum absolute atomic E-state index is 0.107. The summed E-state index contributed by atoms with van der Waals surface area (Å²) in [5, 5.41) is 0. The van der Waals surface area contributed by atoms with Crippen molar-refractivity contribution in [2.45, 2.75) is 38.3 Å². The summed E-state index contributed by atoms with van der Waals surface area (Å²) in [6.45, 7) is 2.36. The van der Waals surface area contributed by atoms with E-state index in [-0.39, 0.29) is 23.7 Å². The van der Waals surface area contributed by atoms with Gasteiger partial charge < -0.3 is 10.5 Å². The Labute approximate surface area is 121 Å². The molecule has 2 rings (SSSR count). The zero-order valence-electron chi connectivity index (χ0n) is 11.9. The number of hydrogen-bond donors (Lipinski definition) is 1. The average Bonchev–Trinajstić information content (AvgIpc) is 2.46. The molecule has 0 amide bonds. The minimum atomic E-state index is -2.90. The van der Waals surface area contributed by atoms with Crippen LogP contribution in [0.25, 0.3) is 0 Å². The molecule has 1 aliphatic rings.